The highest BCUT2D eigenvalue weighted by molar-refractivity contribution is 7.11. The van der Waals surface area contributed by atoms with Crippen molar-refractivity contribution in [1.82, 2.24) is 10.3 Å². The van der Waals surface area contributed by atoms with Crippen LogP contribution in [0.5, 0.6) is 0 Å². The fourth-order valence-electron chi connectivity index (χ4n) is 1.62. The van der Waals surface area contributed by atoms with Crippen molar-refractivity contribution in [3.8, 4) is 0 Å². The SMILES string of the molecule is CCc1cnc(CCNC(=O)c2coc(CN)c2)s1.Cl.Cl. The topological polar surface area (TPSA) is 81.2 Å². The Bertz CT molecular complexity index is 557. The zero-order valence-corrected chi connectivity index (χ0v) is 14.1. The van der Waals surface area contributed by atoms with Gasteiger partial charge in [0, 0.05) is 24.0 Å². The summed E-state index contributed by atoms with van der Waals surface area (Å²) in [7, 11) is 0. The number of nitrogens with one attached hydrogen (secondary N) is 1. The number of carbonyl (C=O) groups excluding carboxylic acids is 1. The zero-order chi connectivity index (χ0) is 13.7. The second-order valence-electron chi connectivity index (χ2n) is 4.09. The van der Waals surface area contributed by atoms with Crippen molar-refractivity contribution in [1.29, 1.82) is 0 Å². The summed E-state index contributed by atoms with van der Waals surface area (Å²) in [5.74, 6) is 0.466. The number of halogens is 2. The smallest absolute Gasteiger partial charge is 0.254 e. The van der Waals surface area contributed by atoms with Crippen LogP contribution in [0.15, 0.2) is 22.9 Å². The predicted molar refractivity (Wildman–Crippen MR) is 88.6 cm³/mol. The second-order valence-corrected chi connectivity index (χ2v) is 5.29. The third kappa shape index (κ3) is 5.67. The summed E-state index contributed by atoms with van der Waals surface area (Å²) >= 11 is 1.69. The van der Waals surface area contributed by atoms with Gasteiger partial charge in [-0.1, -0.05) is 6.92 Å². The molecule has 0 unspecified atom stereocenters. The van der Waals surface area contributed by atoms with Crippen LogP contribution in [0.3, 0.4) is 0 Å². The lowest BCUT2D eigenvalue weighted by molar-refractivity contribution is 0.0953. The van der Waals surface area contributed by atoms with Gasteiger partial charge in [-0.2, -0.15) is 0 Å². The van der Waals surface area contributed by atoms with E-state index in [9.17, 15) is 4.79 Å². The predicted octanol–water partition coefficient (Wildman–Crippen LogP) is 2.57. The van der Waals surface area contributed by atoms with E-state index in [0.717, 1.165) is 17.8 Å². The number of amides is 1. The molecule has 0 radical (unpaired) electrons. The average molecular weight is 352 g/mol. The summed E-state index contributed by atoms with van der Waals surface area (Å²) < 4.78 is 5.12. The number of rotatable bonds is 6. The van der Waals surface area contributed by atoms with Crippen molar-refractivity contribution in [3.63, 3.8) is 0 Å². The molecule has 0 aliphatic rings. The minimum atomic E-state index is -0.143. The normalized spacial score (nSPS) is 9.62. The van der Waals surface area contributed by atoms with Crippen molar-refractivity contribution in [2.24, 2.45) is 5.73 Å². The van der Waals surface area contributed by atoms with Crippen molar-refractivity contribution in [2.75, 3.05) is 6.54 Å². The third-order valence-corrected chi connectivity index (χ3v) is 3.89. The Morgan fingerprint density at radius 2 is 2.24 bits per heavy atom. The van der Waals surface area contributed by atoms with Crippen molar-refractivity contribution >= 4 is 42.1 Å². The highest BCUT2D eigenvalue weighted by atomic mass is 35.5. The summed E-state index contributed by atoms with van der Waals surface area (Å²) in [6.07, 6.45) is 5.07. The van der Waals surface area contributed by atoms with Crippen LogP contribution in [0.25, 0.3) is 0 Å². The van der Waals surface area contributed by atoms with E-state index in [-0.39, 0.29) is 30.7 Å². The van der Waals surface area contributed by atoms with E-state index >= 15 is 0 Å². The van der Waals surface area contributed by atoms with Gasteiger partial charge in [0.05, 0.1) is 17.1 Å². The van der Waals surface area contributed by atoms with Crippen LogP contribution in [0.1, 0.15) is 32.9 Å². The Labute approximate surface area is 140 Å². The summed E-state index contributed by atoms with van der Waals surface area (Å²) in [5.41, 5.74) is 5.93. The van der Waals surface area contributed by atoms with E-state index in [1.165, 1.54) is 11.1 Å². The summed E-state index contributed by atoms with van der Waals surface area (Å²) in [6.45, 7) is 2.97. The monoisotopic (exact) mass is 351 g/mol. The molecular weight excluding hydrogens is 333 g/mol. The van der Waals surface area contributed by atoms with Gasteiger partial charge in [-0.15, -0.1) is 36.2 Å². The molecule has 0 spiro atoms. The molecule has 0 bridgehead atoms. The maximum Gasteiger partial charge on any atom is 0.254 e. The Hall–Kier alpha value is -1.08. The van der Waals surface area contributed by atoms with Gasteiger partial charge in [-0.3, -0.25) is 4.79 Å². The number of thiazole rings is 1. The van der Waals surface area contributed by atoms with E-state index in [2.05, 4.69) is 17.2 Å². The van der Waals surface area contributed by atoms with E-state index in [1.54, 1.807) is 17.4 Å². The van der Waals surface area contributed by atoms with Crippen LogP contribution in [-0.4, -0.2) is 17.4 Å². The third-order valence-electron chi connectivity index (χ3n) is 2.69. The molecule has 21 heavy (non-hydrogen) atoms. The molecule has 3 N–H and O–H groups in total. The van der Waals surface area contributed by atoms with Crippen LogP contribution < -0.4 is 11.1 Å². The molecule has 0 fully saturated rings. The molecule has 0 atom stereocenters. The Morgan fingerprint density at radius 3 is 2.81 bits per heavy atom. The van der Waals surface area contributed by atoms with E-state index in [4.69, 9.17) is 10.2 Å². The molecule has 118 valence electrons. The standard InChI is InChI=1S/C13H17N3O2S.2ClH/c1-2-11-7-16-12(19-11)3-4-15-13(17)9-5-10(6-14)18-8-9;;/h5,7-8H,2-4,6,14H2,1H3,(H,15,17);2*1H. The van der Waals surface area contributed by atoms with Gasteiger partial charge < -0.3 is 15.5 Å². The molecule has 0 aromatic carbocycles. The lowest BCUT2D eigenvalue weighted by atomic mass is 10.3. The average Bonchev–Trinajstić information content (AvgIpc) is 3.07. The minimum absolute atomic E-state index is 0. The first-order chi connectivity index (χ1) is 9.22. The first kappa shape index (κ1) is 19.9. The van der Waals surface area contributed by atoms with Crippen molar-refractivity contribution in [2.45, 2.75) is 26.3 Å². The lowest BCUT2D eigenvalue weighted by Crippen LogP contribution is -2.25. The van der Waals surface area contributed by atoms with Crippen molar-refractivity contribution in [3.05, 3.63) is 39.7 Å². The lowest BCUT2D eigenvalue weighted by Gasteiger charge is -2.00. The van der Waals surface area contributed by atoms with Gasteiger partial charge in [0.15, 0.2) is 0 Å². The number of aryl methyl sites for hydroxylation is 1. The molecule has 2 aromatic heterocycles. The maximum absolute atomic E-state index is 11.8. The summed E-state index contributed by atoms with van der Waals surface area (Å²) in [4.78, 5) is 17.4. The molecule has 0 saturated carbocycles. The number of furan rings is 1. The summed E-state index contributed by atoms with van der Waals surface area (Å²) in [5, 5.41) is 3.89. The first-order valence-electron chi connectivity index (χ1n) is 6.22. The first-order valence-corrected chi connectivity index (χ1v) is 7.03. The Balaban J connectivity index is 0.00000200. The Morgan fingerprint density at radius 1 is 1.48 bits per heavy atom. The van der Waals surface area contributed by atoms with Crippen molar-refractivity contribution < 1.29 is 9.21 Å². The van der Waals surface area contributed by atoms with E-state index < -0.39 is 0 Å². The van der Waals surface area contributed by atoms with E-state index in [1.807, 2.05) is 6.20 Å². The number of nitrogens with two attached hydrogens (primary N) is 1. The second kappa shape index (κ2) is 9.78. The molecule has 2 heterocycles. The molecule has 2 aromatic rings. The van der Waals surface area contributed by atoms with Gasteiger partial charge in [0.1, 0.15) is 12.0 Å². The molecule has 0 aliphatic heterocycles. The van der Waals surface area contributed by atoms with Crippen LogP contribution >= 0.6 is 36.2 Å². The maximum atomic E-state index is 11.8. The fraction of sp³-hybridized carbons (Fsp3) is 0.385. The molecule has 8 heteroatoms. The quantitative estimate of drug-likeness (QED) is 0.837. The van der Waals surface area contributed by atoms with Gasteiger partial charge in [-0.05, 0) is 12.5 Å². The minimum Gasteiger partial charge on any atom is -0.467 e. The number of nitrogens with zero attached hydrogens (tertiary/aromatic N) is 1. The molecule has 1 amide bonds. The molecule has 5 nitrogen and oxygen atoms in total. The fourth-order valence-corrected chi connectivity index (χ4v) is 2.48. The molecule has 0 aliphatic carbocycles. The number of carbonyl (C=O) groups is 1. The van der Waals surface area contributed by atoms with Crippen LogP contribution in [0.2, 0.25) is 0 Å². The summed E-state index contributed by atoms with van der Waals surface area (Å²) in [6, 6.07) is 1.66. The highest BCUT2D eigenvalue weighted by Gasteiger charge is 2.09. The largest absolute Gasteiger partial charge is 0.467 e. The van der Waals surface area contributed by atoms with Gasteiger partial charge in [0.2, 0.25) is 0 Å². The number of hydrogen-bond acceptors (Lipinski definition) is 5. The van der Waals surface area contributed by atoms with Gasteiger partial charge in [0.25, 0.3) is 5.91 Å². The zero-order valence-electron chi connectivity index (χ0n) is 11.6. The Kier molecular flexibility index (Phi) is 9.28. The van der Waals surface area contributed by atoms with Crippen LogP contribution in [-0.2, 0) is 19.4 Å². The van der Waals surface area contributed by atoms with Crippen LogP contribution in [0, 0.1) is 0 Å². The number of hydrogen-bond donors (Lipinski definition) is 2. The van der Waals surface area contributed by atoms with E-state index in [0.29, 0.717) is 24.4 Å². The number of aromatic nitrogens is 1. The van der Waals surface area contributed by atoms with Gasteiger partial charge >= 0.3 is 0 Å². The highest BCUT2D eigenvalue weighted by Crippen LogP contribution is 2.13. The molecule has 2 rings (SSSR count). The van der Waals surface area contributed by atoms with Gasteiger partial charge in [-0.25, -0.2) is 4.98 Å². The molecular formula is C13H19Cl2N3O2S. The van der Waals surface area contributed by atoms with Crippen LogP contribution in [0.4, 0.5) is 0 Å². The molecule has 0 saturated heterocycles.